The highest BCUT2D eigenvalue weighted by molar-refractivity contribution is 5.26. The Bertz CT molecular complexity index is 319. The van der Waals surface area contributed by atoms with Gasteiger partial charge in [-0.05, 0) is 25.7 Å². The summed E-state index contributed by atoms with van der Waals surface area (Å²) in [6, 6.07) is 0.662. The van der Waals surface area contributed by atoms with Crippen molar-refractivity contribution in [3.05, 3.63) is 12.4 Å². The molecule has 1 aliphatic carbocycles. The molecule has 1 N–H and O–H groups in total. The lowest BCUT2D eigenvalue weighted by Gasteiger charge is -2.30. The predicted molar refractivity (Wildman–Crippen MR) is 67.7 cm³/mol. The Balaban J connectivity index is 2.07. The maximum atomic E-state index is 4.38. The molecule has 2 rings (SSSR count). The molecule has 16 heavy (non-hydrogen) atoms. The number of nitrogens with one attached hydrogen (secondary N) is 1. The number of rotatable bonds is 4. The number of anilines is 1. The van der Waals surface area contributed by atoms with Crippen LogP contribution in [0, 0.1) is 5.92 Å². The van der Waals surface area contributed by atoms with Gasteiger partial charge >= 0.3 is 0 Å². The van der Waals surface area contributed by atoms with E-state index in [0.717, 1.165) is 18.4 Å². The molecule has 1 aromatic heterocycles. The molecule has 3 heteroatoms. The van der Waals surface area contributed by atoms with Crippen LogP contribution in [0.2, 0.25) is 0 Å². The highest BCUT2D eigenvalue weighted by Crippen LogP contribution is 2.35. The van der Waals surface area contributed by atoms with Crippen LogP contribution in [0.4, 0.5) is 5.95 Å². The van der Waals surface area contributed by atoms with Crippen molar-refractivity contribution in [3.63, 3.8) is 0 Å². The van der Waals surface area contributed by atoms with Crippen molar-refractivity contribution < 1.29 is 0 Å². The number of hydrogen-bond acceptors (Lipinski definition) is 2. The van der Waals surface area contributed by atoms with Gasteiger partial charge in [0.05, 0.1) is 0 Å². The summed E-state index contributed by atoms with van der Waals surface area (Å²) in [5.74, 6) is 1.96. The van der Waals surface area contributed by atoms with E-state index >= 15 is 0 Å². The predicted octanol–water partition coefficient (Wildman–Crippen LogP) is 3.46. The lowest BCUT2D eigenvalue weighted by Crippen LogP contribution is -2.20. The Morgan fingerprint density at radius 3 is 3.06 bits per heavy atom. The highest BCUT2D eigenvalue weighted by atomic mass is 15.2. The van der Waals surface area contributed by atoms with Crippen LogP contribution in [0.5, 0.6) is 0 Å². The molecule has 0 bridgehead atoms. The van der Waals surface area contributed by atoms with E-state index in [2.05, 4.69) is 34.9 Å². The van der Waals surface area contributed by atoms with Gasteiger partial charge in [-0.1, -0.05) is 26.2 Å². The summed E-state index contributed by atoms with van der Waals surface area (Å²) in [4.78, 5) is 4.38. The first-order valence-corrected chi connectivity index (χ1v) is 6.61. The summed E-state index contributed by atoms with van der Waals surface area (Å²) in [5.41, 5.74) is 0. The molecule has 0 aliphatic heterocycles. The summed E-state index contributed by atoms with van der Waals surface area (Å²) >= 11 is 0. The van der Waals surface area contributed by atoms with E-state index in [1.165, 1.54) is 32.1 Å². The summed E-state index contributed by atoms with van der Waals surface area (Å²) in [7, 11) is 0. The molecule has 3 nitrogen and oxygen atoms in total. The first kappa shape index (κ1) is 11.5. The van der Waals surface area contributed by atoms with Gasteiger partial charge in [-0.2, -0.15) is 0 Å². The standard InChI is InChI=1S/C13H23N3/c1-3-11-6-5-7-12(10-11)16-9-8-15-13(16)14-4-2/h8-9,11-12H,3-7,10H2,1-2H3,(H,14,15). The monoisotopic (exact) mass is 221 g/mol. The van der Waals surface area contributed by atoms with Crippen LogP contribution in [0.25, 0.3) is 0 Å². The van der Waals surface area contributed by atoms with E-state index in [0.29, 0.717) is 6.04 Å². The van der Waals surface area contributed by atoms with Gasteiger partial charge in [0.15, 0.2) is 0 Å². The number of nitrogens with zero attached hydrogens (tertiary/aromatic N) is 2. The summed E-state index contributed by atoms with van der Waals surface area (Å²) in [6.07, 6.45) is 10.8. The van der Waals surface area contributed by atoms with Gasteiger partial charge in [-0.3, -0.25) is 0 Å². The smallest absolute Gasteiger partial charge is 0.203 e. The lowest BCUT2D eigenvalue weighted by molar-refractivity contribution is 0.263. The molecule has 2 unspecified atom stereocenters. The van der Waals surface area contributed by atoms with Gasteiger partial charge in [0.2, 0.25) is 5.95 Å². The fourth-order valence-electron chi connectivity index (χ4n) is 2.79. The molecule has 1 aliphatic rings. The zero-order valence-corrected chi connectivity index (χ0v) is 10.4. The Morgan fingerprint density at radius 1 is 1.44 bits per heavy atom. The molecule has 0 spiro atoms. The molecular formula is C13H23N3. The first-order valence-electron chi connectivity index (χ1n) is 6.61. The van der Waals surface area contributed by atoms with Gasteiger partial charge in [-0.15, -0.1) is 0 Å². The van der Waals surface area contributed by atoms with Crippen molar-refractivity contribution in [2.24, 2.45) is 5.92 Å². The lowest BCUT2D eigenvalue weighted by atomic mass is 9.84. The first-order chi connectivity index (χ1) is 7.85. The Morgan fingerprint density at radius 2 is 2.31 bits per heavy atom. The van der Waals surface area contributed by atoms with E-state index in [1.54, 1.807) is 0 Å². The summed E-state index contributed by atoms with van der Waals surface area (Å²) < 4.78 is 2.34. The van der Waals surface area contributed by atoms with Gasteiger partial charge in [0, 0.05) is 25.0 Å². The van der Waals surface area contributed by atoms with Gasteiger partial charge in [0.1, 0.15) is 0 Å². The number of aromatic nitrogens is 2. The number of hydrogen-bond donors (Lipinski definition) is 1. The molecule has 1 saturated carbocycles. The minimum atomic E-state index is 0.662. The Labute approximate surface area is 98.3 Å². The maximum Gasteiger partial charge on any atom is 0.203 e. The summed E-state index contributed by atoms with van der Waals surface area (Å²) in [6.45, 7) is 5.38. The minimum absolute atomic E-state index is 0.662. The summed E-state index contributed by atoms with van der Waals surface area (Å²) in [5, 5.41) is 3.34. The topological polar surface area (TPSA) is 29.9 Å². The van der Waals surface area contributed by atoms with Crippen LogP contribution in [0.15, 0.2) is 12.4 Å². The third-order valence-corrected chi connectivity index (χ3v) is 3.73. The second-order valence-electron chi connectivity index (χ2n) is 4.78. The molecule has 0 aromatic carbocycles. The second-order valence-corrected chi connectivity index (χ2v) is 4.78. The van der Waals surface area contributed by atoms with Crippen LogP contribution >= 0.6 is 0 Å². The van der Waals surface area contributed by atoms with Crippen molar-refractivity contribution in [2.45, 2.75) is 52.0 Å². The third kappa shape index (κ3) is 2.39. The van der Waals surface area contributed by atoms with E-state index in [9.17, 15) is 0 Å². The molecule has 0 amide bonds. The maximum absolute atomic E-state index is 4.38. The molecule has 0 saturated heterocycles. The van der Waals surface area contributed by atoms with Gasteiger partial charge < -0.3 is 9.88 Å². The van der Waals surface area contributed by atoms with E-state index in [-0.39, 0.29) is 0 Å². The number of imidazole rings is 1. The molecule has 0 radical (unpaired) electrons. The third-order valence-electron chi connectivity index (χ3n) is 3.73. The van der Waals surface area contributed by atoms with Crippen molar-refractivity contribution >= 4 is 5.95 Å². The minimum Gasteiger partial charge on any atom is -0.356 e. The molecule has 90 valence electrons. The van der Waals surface area contributed by atoms with Crippen molar-refractivity contribution in [1.82, 2.24) is 9.55 Å². The quantitative estimate of drug-likeness (QED) is 0.844. The largest absolute Gasteiger partial charge is 0.356 e. The highest BCUT2D eigenvalue weighted by Gasteiger charge is 2.23. The van der Waals surface area contributed by atoms with Gasteiger partial charge in [-0.25, -0.2) is 4.98 Å². The SMILES string of the molecule is CCNc1nccn1C1CCCC(CC)C1. The van der Waals surface area contributed by atoms with Crippen molar-refractivity contribution in [2.75, 3.05) is 11.9 Å². The van der Waals surface area contributed by atoms with Crippen LogP contribution in [-0.4, -0.2) is 16.1 Å². The van der Waals surface area contributed by atoms with Crippen LogP contribution in [0.3, 0.4) is 0 Å². The normalized spacial score (nSPS) is 25.6. The second kappa shape index (κ2) is 5.37. The zero-order valence-electron chi connectivity index (χ0n) is 10.4. The molecule has 1 heterocycles. The van der Waals surface area contributed by atoms with Crippen molar-refractivity contribution in [1.29, 1.82) is 0 Å². The van der Waals surface area contributed by atoms with Crippen LogP contribution in [-0.2, 0) is 0 Å². The molecule has 1 fully saturated rings. The fraction of sp³-hybridized carbons (Fsp3) is 0.769. The molecule has 2 atom stereocenters. The Hall–Kier alpha value is -0.990. The molecular weight excluding hydrogens is 198 g/mol. The average Bonchev–Trinajstić information content (AvgIpc) is 2.78. The Kier molecular flexibility index (Phi) is 3.86. The van der Waals surface area contributed by atoms with Crippen LogP contribution < -0.4 is 5.32 Å². The zero-order chi connectivity index (χ0) is 11.4. The van der Waals surface area contributed by atoms with E-state index in [4.69, 9.17) is 0 Å². The van der Waals surface area contributed by atoms with E-state index < -0.39 is 0 Å². The van der Waals surface area contributed by atoms with E-state index in [1.807, 2.05) is 6.20 Å². The average molecular weight is 221 g/mol. The molecule has 1 aromatic rings. The van der Waals surface area contributed by atoms with Crippen LogP contribution in [0.1, 0.15) is 52.0 Å². The van der Waals surface area contributed by atoms with Crippen molar-refractivity contribution in [3.8, 4) is 0 Å². The van der Waals surface area contributed by atoms with Gasteiger partial charge in [0.25, 0.3) is 0 Å². The fourth-order valence-corrected chi connectivity index (χ4v) is 2.79.